The number of hydrogen-bond donors (Lipinski definition) is 0. The van der Waals surface area contributed by atoms with Crippen LogP contribution in [0.25, 0.3) is 0 Å². The van der Waals surface area contributed by atoms with E-state index in [9.17, 15) is 0 Å². The molecule has 68 valence electrons. The maximum atomic E-state index is 5.33. The molecule has 0 N–H and O–H groups in total. The molecule has 0 unspecified atom stereocenters. The second kappa shape index (κ2) is 5.49. The zero-order valence-corrected chi connectivity index (χ0v) is 8.22. The van der Waals surface area contributed by atoms with Crippen LogP contribution in [0, 0.1) is 0 Å². The van der Waals surface area contributed by atoms with Crippen LogP contribution in [0.1, 0.15) is 5.56 Å². The van der Waals surface area contributed by atoms with E-state index in [1.807, 2.05) is 24.3 Å². The topological polar surface area (TPSA) is 9.23 Å². The average Bonchev–Trinajstić information content (AvgIpc) is 2.17. The Morgan fingerprint density at radius 2 is 2.00 bits per heavy atom. The van der Waals surface area contributed by atoms with E-state index >= 15 is 0 Å². The Balaban J connectivity index is 2.58. The number of thiocarbonyl (C=S) groups is 1. The highest BCUT2D eigenvalue weighted by molar-refractivity contribution is 7.78. The first-order valence-corrected chi connectivity index (χ1v) is 4.60. The smallest absolute Gasteiger partial charge is 0.119 e. The Bertz CT molecular complexity index is 277. The predicted molar refractivity (Wildman–Crippen MR) is 59.5 cm³/mol. The van der Waals surface area contributed by atoms with Crippen LogP contribution in [-0.4, -0.2) is 12.0 Å². The fourth-order valence-electron chi connectivity index (χ4n) is 0.973. The summed E-state index contributed by atoms with van der Waals surface area (Å²) in [6, 6.07) is 7.91. The molecule has 1 rings (SSSR count). The lowest BCUT2D eigenvalue weighted by Crippen LogP contribution is -1.92. The average molecular weight is 192 g/mol. The Kier molecular flexibility index (Phi) is 4.19. The molecule has 0 aliphatic rings. The van der Waals surface area contributed by atoms with E-state index in [1.165, 1.54) is 5.56 Å². The number of rotatable bonds is 5. The molecule has 0 radical (unpaired) electrons. The molecule has 0 aliphatic heterocycles. The highest BCUT2D eigenvalue weighted by Gasteiger charge is 1.92. The summed E-state index contributed by atoms with van der Waals surface area (Å²) in [5.41, 5.74) is 1.21. The lowest BCUT2D eigenvalue weighted by atomic mass is 10.2. The van der Waals surface area contributed by atoms with Gasteiger partial charge in [-0.05, 0) is 23.1 Å². The number of hydrogen-bond acceptors (Lipinski definition) is 2. The summed E-state index contributed by atoms with van der Waals surface area (Å²) in [5, 5.41) is 1.72. The predicted octanol–water partition coefficient (Wildman–Crippen LogP) is 2.79. The maximum Gasteiger partial charge on any atom is 0.119 e. The first-order chi connectivity index (χ1) is 6.36. The van der Waals surface area contributed by atoms with Gasteiger partial charge < -0.3 is 4.74 Å². The second-order valence-electron chi connectivity index (χ2n) is 2.61. The molecule has 0 amide bonds. The minimum Gasteiger partial charge on any atom is -0.490 e. The van der Waals surface area contributed by atoms with Gasteiger partial charge in [-0.1, -0.05) is 37.0 Å². The summed E-state index contributed by atoms with van der Waals surface area (Å²) in [7, 11) is 0. The van der Waals surface area contributed by atoms with Gasteiger partial charge in [-0.2, -0.15) is 0 Å². The number of ether oxygens (including phenoxy) is 1. The lowest BCUT2D eigenvalue weighted by molar-refractivity contribution is 0.363. The molecule has 1 nitrogen and oxygen atoms in total. The summed E-state index contributed by atoms with van der Waals surface area (Å²) in [4.78, 5) is 0. The van der Waals surface area contributed by atoms with Gasteiger partial charge in [0.15, 0.2) is 0 Å². The third-order valence-corrected chi connectivity index (χ3v) is 1.78. The van der Waals surface area contributed by atoms with Crippen molar-refractivity contribution in [2.45, 2.75) is 6.42 Å². The van der Waals surface area contributed by atoms with Crippen molar-refractivity contribution >= 4 is 17.6 Å². The van der Waals surface area contributed by atoms with Crippen LogP contribution in [0.3, 0.4) is 0 Å². The molecule has 0 aromatic heterocycles. The van der Waals surface area contributed by atoms with Crippen molar-refractivity contribution in [1.82, 2.24) is 0 Å². The first-order valence-electron chi connectivity index (χ1n) is 4.13. The monoisotopic (exact) mass is 192 g/mol. The summed E-state index contributed by atoms with van der Waals surface area (Å²) in [6.45, 7) is 4.13. The van der Waals surface area contributed by atoms with Gasteiger partial charge in [0.2, 0.25) is 0 Å². The van der Waals surface area contributed by atoms with Crippen LogP contribution in [0.4, 0.5) is 0 Å². The Labute approximate surface area is 84.0 Å². The maximum absolute atomic E-state index is 5.33. The molecule has 0 bridgehead atoms. The van der Waals surface area contributed by atoms with Crippen LogP contribution in [0.15, 0.2) is 36.9 Å². The van der Waals surface area contributed by atoms with Gasteiger partial charge in [0, 0.05) is 6.42 Å². The van der Waals surface area contributed by atoms with Gasteiger partial charge in [0.05, 0.1) is 0 Å². The third kappa shape index (κ3) is 3.38. The third-order valence-electron chi connectivity index (χ3n) is 1.61. The minimum atomic E-state index is 0.548. The minimum absolute atomic E-state index is 0.548. The van der Waals surface area contributed by atoms with Crippen molar-refractivity contribution in [3.05, 3.63) is 42.5 Å². The highest BCUT2D eigenvalue weighted by atomic mass is 32.1. The van der Waals surface area contributed by atoms with Gasteiger partial charge >= 0.3 is 0 Å². The zero-order chi connectivity index (χ0) is 9.52. The van der Waals surface area contributed by atoms with Crippen LogP contribution in [0.2, 0.25) is 0 Å². The van der Waals surface area contributed by atoms with Crippen LogP contribution >= 0.6 is 12.2 Å². The number of benzene rings is 1. The van der Waals surface area contributed by atoms with E-state index in [4.69, 9.17) is 17.0 Å². The van der Waals surface area contributed by atoms with E-state index in [2.05, 4.69) is 6.58 Å². The molecular weight excluding hydrogens is 180 g/mol. The first kappa shape index (κ1) is 9.93. The highest BCUT2D eigenvalue weighted by Crippen LogP contribution is 2.11. The van der Waals surface area contributed by atoms with E-state index in [1.54, 1.807) is 11.4 Å². The summed E-state index contributed by atoms with van der Waals surface area (Å²) in [6.07, 6.45) is 2.56. The van der Waals surface area contributed by atoms with E-state index in [0.717, 1.165) is 12.2 Å². The lowest BCUT2D eigenvalue weighted by Gasteiger charge is -2.03. The van der Waals surface area contributed by atoms with Crippen molar-refractivity contribution in [1.29, 1.82) is 0 Å². The molecule has 0 heterocycles. The van der Waals surface area contributed by atoms with Crippen molar-refractivity contribution in [3.63, 3.8) is 0 Å². The molecule has 0 fully saturated rings. The van der Waals surface area contributed by atoms with Crippen molar-refractivity contribution in [3.8, 4) is 5.75 Å². The molecule has 2 heteroatoms. The fraction of sp³-hybridized carbons (Fsp3) is 0.182. The molecule has 0 saturated carbocycles. The van der Waals surface area contributed by atoms with Crippen molar-refractivity contribution in [2.24, 2.45) is 0 Å². The van der Waals surface area contributed by atoms with Crippen LogP contribution < -0.4 is 4.74 Å². The quantitative estimate of drug-likeness (QED) is 0.524. The van der Waals surface area contributed by atoms with Crippen molar-refractivity contribution in [2.75, 3.05) is 6.61 Å². The standard InChI is InChI=1S/C11H12OS/c1-2-8-12-11-5-3-10(4-6-11)7-9-13/h2-6,9H,1,7-8H2. The van der Waals surface area contributed by atoms with E-state index in [0.29, 0.717) is 6.61 Å². The fourth-order valence-corrected chi connectivity index (χ4v) is 1.17. The van der Waals surface area contributed by atoms with Crippen molar-refractivity contribution < 1.29 is 4.74 Å². The normalized spacial score (nSPS) is 9.23. The molecule has 0 atom stereocenters. The molecule has 13 heavy (non-hydrogen) atoms. The molecule has 0 aliphatic carbocycles. The Morgan fingerprint density at radius 1 is 1.31 bits per heavy atom. The largest absolute Gasteiger partial charge is 0.490 e. The Morgan fingerprint density at radius 3 is 2.54 bits per heavy atom. The van der Waals surface area contributed by atoms with E-state index < -0.39 is 0 Å². The van der Waals surface area contributed by atoms with Gasteiger partial charge in [-0.15, -0.1) is 0 Å². The van der Waals surface area contributed by atoms with Gasteiger partial charge in [0.25, 0.3) is 0 Å². The molecule has 0 spiro atoms. The summed E-state index contributed by atoms with van der Waals surface area (Å²) >= 11 is 4.77. The van der Waals surface area contributed by atoms with Gasteiger partial charge in [-0.3, -0.25) is 0 Å². The van der Waals surface area contributed by atoms with Gasteiger partial charge in [0.1, 0.15) is 12.4 Å². The molecular formula is C11H12OS. The zero-order valence-electron chi connectivity index (χ0n) is 7.40. The molecule has 1 aromatic carbocycles. The second-order valence-corrected chi connectivity index (χ2v) is 2.95. The van der Waals surface area contributed by atoms with Crippen LogP contribution in [-0.2, 0) is 6.42 Å². The van der Waals surface area contributed by atoms with Crippen LogP contribution in [0.5, 0.6) is 5.75 Å². The Hall–Kier alpha value is -1.15. The molecule has 1 aromatic rings. The van der Waals surface area contributed by atoms with E-state index in [-0.39, 0.29) is 0 Å². The molecule has 0 saturated heterocycles. The van der Waals surface area contributed by atoms with Gasteiger partial charge in [-0.25, -0.2) is 0 Å². The SMILES string of the molecule is C=CCOc1ccc(CC=S)cc1. The summed E-state index contributed by atoms with van der Waals surface area (Å²) < 4.78 is 5.33. The summed E-state index contributed by atoms with van der Waals surface area (Å²) in [5.74, 6) is 0.869.